The van der Waals surface area contributed by atoms with Crippen LogP contribution in [0.15, 0.2) is 18.2 Å². The Kier molecular flexibility index (Phi) is 7.18. The van der Waals surface area contributed by atoms with Crippen LogP contribution < -0.4 is 10.4 Å². The molecule has 0 N–H and O–H groups in total. The van der Waals surface area contributed by atoms with E-state index in [0.29, 0.717) is 50.6 Å². The number of carbonyl (C=O) groups excluding carboxylic acids is 2. The lowest BCUT2D eigenvalue weighted by Crippen LogP contribution is -2.58. The lowest BCUT2D eigenvalue weighted by Gasteiger charge is -2.47. The van der Waals surface area contributed by atoms with Gasteiger partial charge in [-0.2, -0.15) is 0 Å². The number of amides is 2. The van der Waals surface area contributed by atoms with Gasteiger partial charge in [0.05, 0.1) is 22.0 Å². The Labute approximate surface area is 264 Å². The van der Waals surface area contributed by atoms with E-state index in [4.69, 9.17) is 14.0 Å². The molecule has 1 aromatic rings. The number of piperidine rings is 1. The molecule has 9 heteroatoms. The Morgan fingerprint density at radius 2 is 1.48 bits per heavy atom. The molecule has 44 heavy (non-hydrogen) atoms. The monoisotopic (exact) mass is 605 g/mol. The molecule has 1 spiro atoms. The molecule has 240 valence electrons. The molecule has 1 saturated carbocycles. The fourth-order valence-electron chi connectivity index (χ4n) is 8.62. The second-order valence-electron chi connectivity index (χ2n) is 16.8. The van der Waals surface area contributed by atoms with Crippen LogP contribution in [0.1, 0.15) is 99.0 Å². The minimum absolute atomic E-state index is 0.198. The van der Waals surface area contributed by atoms with E-state index in [1.165, 1.54) is 6.42 Å². The van der Waals surface area contributed by atoms with Crippen molar-refractivity contribution in [1.29, 1.82) is 0 Å². The summed E-state index contributed by atoms with van der Waals surface area (Å²) < 4.78 is 18.4. The topological polar surface area (TPSA) is 71.6 Å². The zero-order chi connectivity index (χ0) is 31.3. The summed E-state index contributed by atoms with van der Waals surface area (Å²) in [4.78, 5) is 35.2. The van der Waals surface area contributed by atoms with E-state index >= 15 is 0 Å². The maximum Gasteiger partial charge on any atom is 0.494 e. The van der Waals surface area contributed by atoms with E-state index in [9.17, 15) is 9.59 Å². The lowest BCUT2D eigenvalue weighted by molar-refractivity contribution is -0.149. The molecule has 0 bridgehead atoms. The smallest absolute Gasteiger partial charge is 0.399 e. The molecular formula is C35H52BN3O5. The fourth-order valence-corrected chi connectivity index (χ4v) is 8.62. The molecule has 2 amide bonds. The van der Waals surface area contributed by atoms with E-state index < -0.39 is 23.7 Å². The van der Waals surface area contributed by atoms with Crippen molar-refractivity contribution in [3.05, 3.63) is 23.8 Å². The van der Waals surface area contributed by atoms with E-state index in [0.717, 1.165) is 55.5 Å². The van der Waals surface area contributed by atoms with Gasteiger partial charge < -0.3 is 23.8 Å². The van der Waals surface area contributed by atoms with Gasteiger partial charge in [-0.1, -0.05) is 32.9 Å². The maximum absolute atomic E-state index is 14.7. The highest BCUT2D eigenvalue weighted by atomic mass is 16.7. The molecule has 1 aromatic carbocycles. The van der Waals surface area contributed by atoms with Crippen LogP contribution in [-0.4, -0.2) is 91.4 Å². The Morgan fingerprint density at radius 3 is 2.07 bits per heavy atom. The molecule has 0 atom stereocenters. The van der Waals surface area contributed by atoms with E-state index in [1.54, 1.807) is 0 Å². The highest BCUT2D eigenvalue weighted by Crippen LogP contribution is 2.52. The van der Waals surface area contributed by atoms with Gasteiger partial charge in [0.1, 0.15) is 0 Å². The molecule has 0 unspecified atom stereocenters. The minimum Gasteiger partial charge on any atom is -0.399 e. The standard InChI is InChI=1S/C35H52BN3O5/c1-31(2)10-15-38(23-31)25-21-26(22-25)39-28-20-24(36-43-32(3,4)33(5,6)44-36)8-9-27(28)35(30(39)41)11-16-37(17-12-35)29(40)34(7)13-18-42-19-14-34/h8-9,20,25-26H,10-19,21-23H2,1-7H3. The fraction of sp³-hybridized carbons (Fsp3) is 0.771. The first-order valence-electron chi connectivity index (χ1n) is 17.1. The van der Waals surface area contributed by atoms with Crippen LogP contribution in [0.5, 0.6) is 0 Å². The number of carbonyl (C=O) groups is 2. The third-order valence-corrected chi connectivity index (χ3v) is 12.6. The molecule has 6 aliphatic rings. The largest absolute Gasteiger partial charge is 0.494 e. The summed E-state index contributed by atoms with van der Waals surface area (Å²) in [6.07, 6.45) is 6.14. The van der Waals surface area contributed by atoms with Crippen molar-refractivity contribution in [3.8, 4) is 0 Å². The first kappa shape index (κ1) is 30.7. The molecule has 5 fully saturated rings. The van der Waals surface area contributed by atoms with Crippen molar-refractivity contribution in [1.82, 2.24) is 9.80 Å². The zero-order valence-corrected chi connectivity index (χ0v) is 28.0. The van der Waals surface area contributed by atoms with Crippen molar-refractivity contribution >= 4 is 30.1 Å². The number of benzene rings is 1. The molecule has 1 aliphatic carbocycles. The van der Waals surface area contributed by atoms with Crippen LogP contribution in [-0.2, 0) is 29.0 Å². The summed E-state index contributed by atoms with van der Waals surface area (Å²) in [6, 6.07) is 7.20. The molecule has 0 aromatic heterocycles. The minimum atomic E-state index is -0.585. The number of rotatable bonds is 4. The molecule has 5 heterocycles. The average molecular weight is 606 g/mol. The van der Waals surface area contributed by atoms with Crippen LogP contribution in [0.4, 0.5) is 5.69 Å². The van der Waals surface area contributed by atoms with Crippen molar-refractivity contribution in [3.63, 3.8) is 0 Å². The number of likely N-dealkylation sites (tertiary alicyclic amines) is 2. The van der Waals surface area contributed by atoms with Crippen LogP contribution in [0.3, 0.4) is 0 Å². The Bertz CT molecular complexity index is 1310. The van der Waals surface area contributed by atoms with Gasteiger partial charge in [-0.25, -0.2) is 0 Å². The van der Waals surface area contributed by atoms with Crippen molar-refractivity contribution in [2.45, 2.75) is 122 Å². The third-order valence-electron chi connectivity index (χ3n) is 12.6. The second-order valence-corrected chi connectivity index (χ2v) is 16.8. The summed E-state index contributed by atoms with van der Waals surface area (Å²) >= 11 is 0. The van der Waals surface area contributed by atoms with Gasteiger partial charge in [0.25, 0.3) is 0 Å². The first-order chi connectivity index (χ1) is 20.6. The highest BCUT2D eigenvalue weighted by molar-refractivity contribution is 6.62. The number of hydrogen-bond acceptors (Lipinski definition) is 6. The predicted molar refractivity (Wildman–Crippen MR) is 172 cm³/mol. The summed E-state index contributed by atoms with van der Waals surface area (Å²) in [5.41, 5.74) is 1.68. The van der Waals surface area contributed by atoms with Gasteiger partial charge in [0, 0.05) is 50.6 Å². The van der Waals surface area contributed by atoms with E-state index in [-0.39, 0.29) is 23.3 Å². The number of anilines is 1. The number of nitrogens with zero attached hydrogens (tertiary/aromatic N) is 3. The van der Waals surface area contributed by atoms with Gasteiger partial charge in [-0.05, 0) is 102 Å². The van der Waals surface area contributed by atoms with Crippen LogP contribution in [0.2, 0.25) is 0 Å². The number of ether oxygens (including phenoxy) is 1. The average Bonchev–Trinajstić information content (AvgIpc) is 3.50. The number of fused-ring (bicyclic) bond motifs is 2. The second kappa shape index (κ2) is 10.3. The van der Waals surface area contributed by atoms with Crippen LogP contribution >= 0.6 is 0 Å². The van der Waals surface area contributed by atoms with Crippen molar-refractivity contribution in [2.24, 2.45) is 10.8 Å². The third kappa shape index (κ3) is 4.78. The maximum atomic E-state index is 14.7. The van der Waals surface area contributed by atoms with Gasteiger partial charge in [-0.3, -0.25) is 14.5 Å². The predicted octanol–water partition coefficient (Wildman–Crippen LogP) is 4.27. The van der Waals surface area contributed by atoms with Gasteiger partial charge in [0.15, 0.2) is 0 Å². The van der Waals surface area contributed by atoms with Gasteiger partial charge in [0.2, 0.25) is 11.8 Å². The number of hydrogen-bond donors (Lipinski definition) is 0. The first-order valence-corrected chi connectivity index (χ1v) is 17.1. The molecule has 5 aliphatic heterocycles. The molecule has 8 nitrogen and oxygen atoms in total. The Balaban J connectivity index is 1.16. The Morgan fingerprint density at radius 1 is 0.841 bits per heavy atom. The molecule has 7 rings (SSSR count). The SMILES string of the molecule is CC1(C)CCN(C2CC(N3C(=O)C4(CCN(C(=O)C5(C)CCOCC5)CC4)c4ccc(B5OC(C)(C)C(C)(C)O5)cc43)C2)C1. The quantitative estimate of drug-likeness (QED) is 0.478. The molecule has 4 saturated heterocycles. The summed E-state index contributed by atoms with van der Waals surface area (Å²) in [5.74, 6) is 0.456. The summed E-state index contributed by atoms with van der Waals surface area (Å²) in [5, 5.41) is 0. The van der Waals surface area contributed by atoms with Crippen molar-refractivity contribution < 1.29 is 23.6 Å². The zero-order valence-electron chi connectivity index (χ0n) is 28.0. The summed E-state index contributed by atoms with van der Waals surface area (Å²) in [7, 11) is -0.473. The molecule has 0 radical (unpaired) electrons. The van der Waals surface area contributed by atoms with E-state index in [2.05, 4.69) is 76.5 Å². The van der Waals surface area contributed by atoms with Crippen molar-refractivity contribution in [2.75, 3.05) is 44.3 Å². The van der Waals surface area contributed by atoms with Crippen LogP contribution in [0.25, 0.3) is 0 Å². The van der Waals surface area contributed by atoms with Gasteiger partial charge >= 0.3 is 7.12 Å². The Hall–Kier alpha value is -1.94. The highest BCUT2D eigenvalue weighted by Gasteiger charge is 2.58. The van der Waals surface area contributed by atoms with Gasteiger partial charge in [-0.15, -0.1) is 0 Å². The van der Waals surface area contributed by atoms with Crippen LogP contribution in [0, 0.1) is 10.8 Å². The summed E-state index contributed by atoms with van der Waals surface area (Å²) in [6.45, 7) is 19.9. The van der Waals surface area contributed by atoms with E-state index in [1.807, 2.05) is 4.90 Å². The molecular weight excluding hydrogens is 553 g/mol. The lowest BCUT2D eigenvalue weighted by atomic mass is 9.71. The normalized spacial score (nSPS) is 31.8.